The molecule has 0 aliphatic heterocycles. The van der Waals surface area contributed by atoms with E-state index in [9.17, 15) is 5.11 Å². The lowest BCUT2D eigenvalue weighted by Crippen LogP contribution is -2.38. The van der Waals surface area contributed by atoms with E-state index in [0.717, 1.165) is 16.8 Å². The third-order valence-electron chi connectivity index (χ3n) is 3.70. The summed E-state index contributed by atoms with van der Waals surface area (Å²) in [6.45, 7) is 4.07. The lowest BCUT2D eigenvalue weighted by molar-refractivity contribution is -0.575. The molecule has 0 spiro atoms. The zero-order chi connectivity index (χ0) is 18.7. The Balaban J connectivity index is 2.04. The molecule has 2 N–H and O–H groups in total. The Bertz CT molecular complexity index is 960. The van der Waals surface area contributed by atoms with Gasteiger partial charge in [0.15, 0.2) is 17.4 Å². The SMILES string of the molecule is Cc1cc(C)cc(NC(=S)/C(=C(\O)c2ccc(Cl)s2)[n+]2ccccc2)c1. The van der Waals surface area contributed by atoms with Gasteiger partial charge in [-0.2, -0.15) is 4.57 Å². The van der Waals surface area contributed by atoms with Crippen molar-refractivity contribution in [3.63, 3.8) is 0 Å². The number of aromatic nitrogens is 1. The van der Waals surface area contributed by atoms with E-state index < -0.39 is 0 Å². The summed E-state index contributed by atoms with van der Waals surface area (Å²) in [5.41, 5.74) is 3.67. The smallest absolute Gasteiger partial charge is 0.289 e. The second kappa shape index (κ2) is 7.99. The van der Waals surface area contributed by atoms with E-state index in [1.165, 1.54) is 11.3 Å². The van der Waals surface area contributed by atoms with Gasteiger partial charge in [-0.25, -0.2) is 0 Å². The van der Waals surface area contributed by atoms with Crippen LogP contribution >= 0.6 is 35.2 Å². The number of hydrogen-bond acceptors (Lipinski definition) is 3. The molecule has 132 valence electrons. The number of nitrogens with zero attached hydrogens (tertiary/aromatic N) is 1. The highest BCUT2D eigenvalue weighted by Gasteiger charge is 2.24. The second-order valence-corrected chi connectivity index (χ2v) is 8.04. The molecule has 3 aromatic rings. The molecule has 3 rings (SSSR count). The molecule has 0 atom stereocenters. The molecule has 2 heterocycles. The minimum absolute atomic E-state index is 0.0833. The summed E-state index contributed by atoms with van der Waals surface area (Å²) in [7, 11) is 0. The molecular weight excluding hydrogens is 384 g/mol. The number of aryl methyl sites for hydroxylation is 2. The zero-order valence-electron chi connectivity index (χ0n) is 14.4. The van der Waals surface area contributed by atoms with Gasteiger partial charge in [-0.3, -0.25) is 0 Å². The van der Waals surface area contributed by atoms with Gasteiger partial charge in [-0.05, 0) is 49.2 Å². The molecule has 1 aromatic carbocycles. The highest BCUT2D eigenvalue weighted by molar-refractivity contribution is 7.81. The molecule has 0 bridgehead atoms. The second-order valence-electron chi connectivity index (χ2n) is 5.91. The Morgan fingerprint density at radius 1 is 1.08 bits per heavy atom. The summed E-state index contributed by atoms with van der Waals surface area (Å²) in [4.78, 5) is 1.08. The fraction of sp³-hybridized carbons (Fsp3) is 0.100. The van der Waals surface area contributed by atoms with E-state index in [2.05, 4.69) is 11.4 Å². The number of rotatable bonds is 4. The molecular formula is C20H18ClN2OS2+. The van der Waals surface area contributed by atoms with Crippen LogP contribution < -0.4 is 9.88 Å². The maximum Gasteiger partial charge on any atom is 0.289 e. The van der Waals surface area contributed by atoms with E-state index in [4.69, 9.17) is 23.8 Å². The fourth-order valence-electron chi connectivity index (χ4n) is 2.69. The van der Waals surface area contributed by atoms with Crippen LogP contribution in [0.1, 0.15) is 16.0 Å². The fourth-order valence-corrected chi connectivity index (χ4v) is 4.00. The molecule has 6 heteroatoms. The van der Waals surface area contributed by atoms with Gasteiger partial charge >= 0.3 is 0 Å². The van der Waals surface area contributed by atoms with Crippen molar-refractivity contribution in [2.24, 2.45) is 0 Å². The van der Waals surface area contributed by atoms with Crippen LogP contribution in [0.4, 0.5) is 5.69 Å². The number of benzene rings is 1. The third-order valence-corrected chi connectivity index (χ3v) is 5.23. The van der Waals surface area contributed by atoms with Crippen LogP contribution in [0.3, 0.4) is 0 Å². The molecule has 0 saturated heterocycles. The number of anilines is 1. The first kappa shape index (κ1) is 18.6. The van der Waals surface area contributed by atoms with E-state index >= 15 is 0 Å². The number of hydrogen-bond donors (Lipinski definition) is 2. The minimum Gasteiger partial charge on any atom is -0.501 e. The van der Waals surface area contributed by atoms with Gasteiger partial charge in [0.05, 0.1) is 9.21 Å². The van der Waals surface area contributed by atoms with E-state index in [1.807, 2.05) is 56.6 Å². The molecule has 0 fully saturated rings. The molecule has 0 radical (unpaired) electrons. The first-order valence-corrected chi connectivity index (χ1v) is 9.59. The van der Waals surface area contributed by atoms with Crippen molar-refractivity contribution in [3.8, 4) is 0 Å². The number of aliphatic hydroxyl groups excluding tert-OH is 1. The van der Waals surface area contributed by atoms with Gasteiger partial charge in [0, 0.05) is 17.8 Å². The summed E-state index contributed by atoms with van der Waals surface area (Å²) >= 11 is 13.0. The van der Waals surface area contributed by atoms with Crippen LogP contribution in [0.5, 0.6) is 0 Å². The van der Waals surface area contributed by atoms with E-state index in [-0.39, 0.29) is 5.76 Å². The normalized spacial score (nSPS) is 11.8. The van der Waals surface area contributed by atoms with E-state index in [1.54, 1.807) is 16.7 Å². The quantitative estimate of drug-likeness (QED) is 0.257. The standard InChI is InChI=1S/C20H17ClN2OS2/c1-13-10-14(2)12-15(11-13)22-20(25)18(23-8-4-3-5-9-23)19(24)16-6-7-17(21)26-16/h3-12H,1-2H3,(H-,22,24,25)/p+1. The van der Waals surface area contributed by atoms with Gasteiger partial charge in [-0.15, -0.1) is 11.3 Å². The lowest BCUT2D eigenvalue weighted by atomic mass is 10.1. The summed E-state index contributed by atoms with van der Waals surface area (Å²) in [6.07, 6.45) is 3.69. The van der Waals surface area contributed by atoms with E-state index in [0.29, 0.717) is 19.9 Å². The highest BCUT2D eigenvalue weighted by Crippen LogP contribution is 2.29. The van der Waals surface area contributed by atoms with Gasteiger partial charge in [-0.1, -0.05) is 36.0 Å². The molecule has 0 unspecified atom stereocenters. The van der Waals surface area contributed by atoms with Crippen molar-refractivity contribution in [3.05, 3.63) is 81.3 Å². The highest BCUT2D eigenvalue weighted by atomic mass is 35.5. The molecule has 0 aliphatic rings. The molecule has 2 aromatic heterocycles. The van der Waals surface area contributed by atoms with Gasteiger partial charge in [0.2, 0.25) is 5.76 Å². The number of nitrogens with one attached hydrogen (secondary N) is 1. The monoisotopic (exact) mass is 401 g/mol. The Kier molecular flexibility index (Phi) is 5.71. The zero-order valence-corrected chi connectivity index (χ0v) is 16.8. The van der Waals surface area contributed by atoms with Crippen molar-refractivity contribution >= 4 is 57.3 Å². The predicted molar refractivity (Wildman–Crippen MR) is 114 cm³/mol. The molecule has 3 nitrogen and oxygen atoms in total. The van der Waals surface area contributed by atoms with Gasteiger partial charge in [0.1, 0.15) is 0 Å². The molecule has 0 amide bonds. The number of thiocarbonyl (C=S) groups is 1. The lowest BCUT2D eigenvalue weighted by Gasteiger charge is -2.11. The average Bonchev–Trinajstić information content (AvgIpc) is 3.01. The maximum absolute atomic E-state index is 10.9. The van der Waals surface area contributed by atoms with Gasteiger partial charge in [0.25, 0.3) is 5.70 Å². The van der Waals surface area contributed by atoms with Crippen molar-refractivity contribution in [1.82, 2.24) is 0 Å². The van der Waals surface area contributed by atoms with Crippen LogP contribution in [0.15, 0.2) is 60.9 Å². The van der Waals surface area contributed by atoms with Crippen LogP contribution in [-0.4, -0.2) is 10.1 Å². The Hall–Kier alpha value is -2.21. The first-order valence-electron chi connectivity index (χ1n) is 7.99. The van der Waals surface area contributed by atoms with Crippen LogP contribution in [0.25, 0.3) is 11.5 Å². The van der Waals surface area contributed by atoms with Crippen molar-refractivity contribution in [2.75, 3.05) is 5.32 Å². The van der Waals surface area contributed by atoms with Crippen LogP contribution in [0.2, 0.25) is 4.34 Å². The summed E-state index contributed by atoms with van der Waals surface area (Å²) in [5.74, 6) is 0.0833. The van der Waals surface area contributed by atoms with Crippen LogP contribution in [0, 0.1) is 13.8 Å². The summed E-state index contributed by atoms with van der Waals surface area (Å²) < 4.78 is 2.40. The topological polar surface area (TPSA) is 36.1 Å². The number of aliphatic hydroxyl groups is 1. The van der Waals surface area contributed by atoms with Crippen LogP contribution in [-0.2, 0) is 0 Å². The number of pyridine rings is 1. The molecule has 0 saturated carbocycles. The summed E-state index contributed by atoms with van der Waals surface area (Å²) in [6, 6.07) is 15.4. The Morgan fingerprint density at radius 2 is 1.73 bits per heavy atom. The first-order chi connectivity index (χ1) is 12.4. The Labute approximate surface area is 167 Å². The Morgan fingerprint density at radius 3 is 2.31 bits per heavy atom. The van der Waals surface area contributed by atoms with Crippen molar-refractivity contribution < 1.29 is 9.67 Å². The average molecular weight is 402 g/mol. The minimum atomic E-state index is 0.0833. The number of thiophene rings is 1. The predicted octanol–water partition coefficient (Wildman–Crippen LogP) is 5.63. The molecule has 0 aliphatic carbocycles. The van der Waals surface area contributed by atoms with Crippen molar-refractivity contribution in [1.29, 1.82) is 0 Å². The number of halogens is 1. The van der Waals surface area contributed by atoms with Crippen molar-refractivity contribution in [2.45, 2.75) is 13.8 Å². The largest absolute Gasteiger partial charge is 0.501 e. The molecule has 26 heavy (non-hydrogen) atoms. The van der Waals surface area contributed by atoms with Gasteiger partial charge < -0.3 is 10.4 Å². The maximum atomic E-state index is 10.9. The third kappa shape index (κ3) is 4.30. The summed E-state index contributed by atoms with van der Waals surface area (Å²) in [5, 5.41) is 14.1.